The molecule has 8 heteroatoms. The Hall–Kier alpha value is -1.25. The molecule has 2 aliphatic heterocycles. The van der Waals surface area contributed by atoms with Crippen molar-refractivity contribution < 1.29 is 23.7 Å². The molecule has 8 nitrogen and oxygen atoms in total. The largest absolute Gasteiger partial charge is 0.444 e. The van der Waals surface area contributed by atoms with Gasteiger partial charge in [-0.25, -0.2) is 10.3 Å². The van der Waals surface area contributed by atoms with E-state index in [1.807, 2.05) is 0 Å². The minimum atomic E-state index is -1.05. The quantitative estimate of drug-likeness (QED) is 0.628. The summed E-state index contributed by atoms with van der Waals surface area (Å²) in [7, 11) is 3.02. The van der Waals surface area contributed by atoms with E-state index in [9.17, 15) is 4.79 Å². The summed E-state index contributed by atoms with van der Waals surface area (Å²) in [5.41, 5.74) is 6.68. The number of carbonyl (C=O) groups excluding carboxylic acids is 1. The predicted molar refractivity (Wildman–Crippen MR) is 72.2 cm³/mol. The molecule has 21 heavy (non-hydrogen) atoms. The number of hydrogen-bond donors (Lipinski definition) is 1. The van der Waals surface area contributed by atoms with Gasteiger partial charge in [0.2, 0.25) is 5.79 Å². The van der Waals surface area contributed by atoms with Crippen molar-refractivity contribution >= 4 is 6.09 Å². The first-order valence-electron chi connectivity index (χ1n) is 6.86. The molecule has 0 aromatic heterocycles. The molecule has 3 atom stereocenters. The van der Waals surface area contributed by atoms with Crippen LogP contribution in [0, 0.1) is 5.53 Å². The molecule has 0 radical (unpaired) electrons. The molecule has 1 amide bonds. The second-order valence-corrected chi connectivity index (χ2v) is 6.27. The number of carbonyl (C=O) groups is 1. The monoisotopic (exact) mass is 301 g/mol. The lowest BCUT2D eigenvalue weighted by Crippen LogP contribution is -2.55. The predicted octanol–water partition coefficient (Wildman–Crippen LogP) is 1.39. The van der Waals surface area contributed by atoms with Crippen molar-refractivity contribution in [3.05, 3.63) is 0 Å². The first-order chi connectivity index (χ1) is 9.78. The molecule has 2 heterocycles. The van der Waals surface area contributed by atoms with Gasteiger partial charge in [0.1, 0.15) is 30.4 Å². The van der Waals surface area contributed by atoms with E-state index < -0.39 is 35.7 Å². The van der Waals surface area contributed by atoms with Crippen LogP contribution in [0.15, 0.2) is 5.11 Å². The van der Waals surface area contributed by atoms with Crippen molar-refractivity contribution in [2.24, 2.45) is 5.11 Å². The average molecular weight is 301 g/mol. The van der Waals surface area contributed by atoms with E-state index in [0.717, 1.165) is 0 Å². The third-order valence-electron chi connectivity index (χ3n) is 3.82. The molecule has 0 spiro atoms. The van der Waals surface area contributed by atoms with Crippen LogP contribution in [0.2, 0.25) is 0 Å². The highest BCUT2D eigenvalue weighted by Gasteiger charge is 2.62. The van der Waals surface area contributed by atoms with Crippen LogP contribution in [-0.4, -0.2) is 67.9 Å². The van der Waals surface area contributed by atoms with Gasteiger partial charge in [0.25, 0.3) is 0 Å². The van der Waals surface area contributed by atoms with Gasteiger partial charge < -0.3 is 18.9 Å². The molecule has 120 valence electrons. The molecular formula is C13H23N3O5. The van der Waals surface area contributed by atoms with Crippen LogP contribution in [0.1, 0.15) is 20.8 Å². The second kappa shape index (κ2) is 5.51. The van der Waals surface area contributed by atoms with E-state index in [1.165, 1.54) is 19.1 Å². The van der Waals surface area contributed by atoms with E-state index in [0.29, 0.717) is 0 Å². The molecule has 1 N–H and O–H groups in total. The summed E-state index contributed by atoms with van der Waals surface area (Å²) in [6, 6.07) is -0.920. The minimum Gasteiger partial charge on any atom is -0.444 e. The molecule has 2 rings (SSSR count). The number of fused-ring (bicyclic) bond motifs is 1. The maximum Gasteiger partial charge on any atom is 0.410 e. The minimum absolute atomic E-state index is 0.181. The molecule has 0 bridgehead atoms. The molecular weight excluding hydrogens is 278 g/mol. The Kier molecular flexibility index (Phi) is 4.23. The Morgan fingerprint density at radius 1 is 1.38 bits per heavy atom. The van der Waals surface area contributed by atoms with E-state index in [1.54, 1.807) is 20.8 Å². The summed E-state index contributed by atoms with van der Waals surface area (Å²) in [4.78, 5) is 13.9. The van der Waals surface area contributed by atoms with E-state index >= 15 is 0 Å². The zero-order valence-corrected chi connectivity index (χ0v) is 13.1. The lowest BCUT2D eigenvalue weighted by atomic mass is 10.0. The van der Waals surface area contributed by atoms with E-state index in [-0.39, 0.29) is 13.2 Å². The number of rotatable bonds is 3. The van der Waals surface area contributed by atoms with Crippen molar-refractivity contribution in [1.29, 1.82) is 5.53 Å². The lowest BCUT2D eigenvalue weighted by Gasteiger charge is -2.36. The maximum absolute atomic E-state index is 12.4. The molecule has 2 aliphatic rings. The van der Waals surface area contributed by atoms with Crippen molar-refractivity contribution in [1.82, 2.24) is 4.90 Å². The first-order valence-corrected chi connectivity index (χ1v) is 6.86. The first kappa shape index (κ1) is 16.1. The van der Waals surface area contributed by atoms with Gasteiger partial charge in [-0.1, -0.05) is 0 Å². The topological polar surface area (TPSA) is 93.4 Å². The number of amides is 1. The SMILES string of the molecule is COC1(OC)COC2C1N(C(=O)OC(C)(C)C)C[C@H]2N=N. The Labute approximate surface area is 124 Å². The number of nitrogens with one attached hydrogen (secondary N) is 1. The number of nitrogens with zero attached hydrogens (tertiary/aromatic N) is 2. The van der Waals surface area contributed by atoms with Gasteiger partial charge in [-0.2, -0.15) is 5.11 Å². The van der Waals surface area contributed by atoms with Crippen LogP contribution in [0.4, 0.5) is 4.79 Å². The van der Waals surface area contributed by atoms with E-state index in [4.69, 9.17) is 24.5 Å². The fourth-order valence-electron chi connectivity index (χ4n) is 2.86. The Bertz CT molecular complexity index is 419. The highest BCUT2D eigenvalue weighted by molar-refractivity contribution is 5.69. The summed E-state index contributed by atoms with van der Waals surface area (Å²) in [6.07, 6.45) is -0.900. The maximum atomic E-state index is 12.4. The summed E-state index contributed by atoms with van der Waals surface area (Å²) >= 11 is 0. The Morgan fingerprint density at radius 2 is 2.00 bits per heavy atom. The van der Waals surface area contributed by atoms with Crippen molar-refractivity contribution in [2.45, 2.75) is 50.3 Å². The van der Waals surface area contributed by atoms with Gasteiger partial charge in [0.15, 0.2) is 0 Å². The smallest absolute Gasteiger partial charge is 0.410 e. The molecule has 0 aliphatic carbocycles. The molecule has 0 saturated carbocycles. The van der Waals surface area contributed by atoms with Gasteiger partial charge in [0, 0.05) is 14.2 Å². The van der Waals surface area contributed by atoms with Crippen LogP contribution in [0.5, 0.6) is 0 Å². The van der Waals surface area contributed by atoms with Crippen molar-refractivity contribution in [2.75, 3.05) is 27.4 Å². The normalized spacial score (nSPS) is 31.1. The van der Waals surface area contributed by atoms with Crippen LogP contribution in [-0.2, 0) is 18.9 Å². The highest BCUT2D eigenvalue weighted by Crippen LogP contribution is 2.40. The van der Waals surface area contributed by atoms with Crippen LogP contribution >= 0.6 is 0 Å². The van der Waals surface area contributed by atoms with Crippen molar-refractivity contribution in [3.8, 4) is 0 Å². The van der Waals surface area contributed by atoms with Gasteiger partial charge in [-0.05, 0) is 20.8 Å². The van der Waals surface area contributed by atoms with Gasteiger partial charge in [-0.15, -0.1) is 0 Å². The number of likely N-dealkylation sites (tertiary alicyclic amines) is 1. The van der Waals surface area contributed by atoms with Gasteiger partial charge in [-0.3, -0.25) is 4.90 Å². The summed E-state index contributed by atoms with van der Waals surface area (Å²) in [5.74, 6) is -1.05. The van der Waals surface area contributed by atoms with Crippen LogP contribution < -0.4 is 0 Å². The fourth-order valence-corrected chi connectivity index (χ4v) is 2.86. The molecule has 2 unspecified atom stereocenters. The number of hydrogen-bond acceptors (Lipinski definition) is 7. The van der Waals surface area contributed by atoms with Crippen LogP contribution in [0.3, 0.4) is 0 Å². The zero-order valence-electron chi connectivity index (χ0n) is 13.1. The summed E-state index contributed by atoms with van der Waals surface area (Å²) in [6.45, 7) is 5.84. The Morgan fingerprint density at radius 3 is 2.48 bits per heavy atom. The number of ether oxygens (including phenoxy) is 4. The fraction of sp³-hybridized carbons (Fsp3) is 0.923. The average Bonchev–Trinajstić information content (AvgIpc) is 2.94. The van der Waals surface area contributed by atoms with Gasteiger partial charge >= 0.3 is 6.09 Å². The summed E-state index contributed by atoms with van der Waals surface area (Å²) < 4.78 is 22.0. The zero-order chi connectivity index (χ0) is 15.8. The van der Waals surface area contributed by atoms with E-state index in [2.05, 4.69) is 5.11 Å². The standard InChI is InChI=1S/C13H23N3O5/c1-12(2,3)21-11(17)16-6-8(15-14)9-10(16)13(18-4,19-5)7-20-9/h8-10,14H,6-7H2,1-5H3/t8-,9?,10?/m1/s1. The molecule has 0 aromatic carbocycles. The molecule has 2 saturated heterocycles. The third-order valence-corrected chi connectivity index (χ3v) is 3.82. The van der Waals surface area contributed by atoms with Crippen LogP contribution in [0.25, 0.3) is 0 Å². The molecule has 2 fully saturated rings. The molecule has 0 aromatic rings. The van der Waals surface area contributed by atoms with Gasteiger partial charge in [0.05, 0.1) is 6.54 Å². The van der Waals surface area contributed by atoms with Crippen molar-refractivity contribution in [3.63, 3.8) is 0 Å². The second-order valence-electron chi connectivity index (χ2n) is 6.27. The number of methoxy groups -OCH3 is 2. The summed E-state index contributed by atoms with van der Waals surface area (Å²) in [5, 5.41) is 3.56. The highest BCUT2D eigenvalue weighted by atomic mass is 16.7. The lowest BCUT2D eigenvalue weighted by molar-refractivity contribution is -0.224. The third kappa shape index (κ3) is 2.75. The Balaban J connectivity index is 2.28.